The van der Waals surface area contributed by atoms with E-state index in [1.807, 2.05) is 0 Å². The molecule has 0 amide bonds. The minimum Gasteiger partial charge on any atom is -0.480 e. The minimum absolute atomic E-state index is 0.0733. The first-order valence-corrected chi connectivity index (χ1v) is 4.25. The molecule has 0 radical (unpaired) electrons. The molecule has 0 fully saturated rings. The number of benzene rings is 1. The van der Waals surface area contributed by atoms with Crippen LogP contribution in [-0.2, 0) is 4.79 Å². The lowest BCUT2D eigenvalue weighted by Crippen LogP contribution is -2.21. The Morgan fingerprint density at radius 3 is 2.40 bits per heavy atom. The van der Waals surface area contributed by atoms with E-state index in [1.54, 1.807) is 13.0 Å². The van der Waals surface area contributed by atoms with Gasteiger partial charge in [-0.2, -0.15) is 0 Å². The zero-order valence-corrected chi connectivity index (χ0v) is 8.10. The Balaban J connectivity index is 3.18. The predicted octanol–water partition coefficient (Wildman–Crippen LogP) is 0.778. The van der Waals surface area contributed by atoms with Gasteiger partial charge in [0.25, 0.3) is 0 Å². The van der Waals surface area contributed by atoms with E-state index in [4.69, 9.17) is 15.9 Å². The van der Waals surface area contributed by atoms with Crippen LogP contribution in [0.15, 0.2) is 18.2 Å². The second-order valence-electron chi connectivity index (χ2n) is 3.20. The summed E-state index contributed by atoms with van der Waals surface area (Å²) in [7, 11) is 0. The molecule has 0 heterocycles. The number of hydrogen-bond donors (Lipinski definition) is 3. The molecule has 5 nitrogen and oxygen atoms in total. The van der Waals surface area contributed by atoms with Crippen LogP contribution in [0.25, 0.3) is 0 Å². The van der Waals surface area contributed by atoms with Gasteiger partial charge >= 0.3 is 11.9 Å². The smallest absolute Gasteiger partial charge is 0.335 e. The van der Waals surface area contributed by atoms with Gasteiger partial charge in [-0.3, -0.25) is 4.79 Å². The van der Waals surface area contributed by atoms with Crippen LogP contribution < -0.4 is 5.73 Å². The van der Waals surface area contributed by atoms with Gasteiger partial charge in [0.15, 0.2) is 0 Å². The number of nitrogens with two attached hydrogens (primary N) is 1. The van der Waals surface area contributed by atoms with Crippen LogP contribution in [0.5, 0.6) is 0 Å². The molecule has 0 saturated carbocycles. The van der Waals surface area contributed by atoms with Gasteiger partial charge in [-0.1, -0.05) is 12.1 Å². The van der Waals surface area contributed by atoms with Crippen LogP contribution >= 0.6 is 0 Å². The summed E-state index contributed by atoms with van der Waals surface area (Å²) < 4.78 is 0. The standard InChI is InChI=1S/C10H11NO4/c1-5-2-3-6(8(11)10(14)15)4-7(5)9(12)13/h2-4,8H,11H2,1H3,(H,12,13)(H,14,15)/t8-/m0/s1. The summed E-state index contributed by atoms with van der Waals surface area (Å²) in [5.74, 6) is -2.28. The molecule has 0 aliphatic rings. The Bertz CT molecular complexity index is 414. The van der Waals surface area contributed by atoms with Crippen molar-refractivity contribution in [3.05, 3.63) is 34.9 Å². The van der Waals surface area contributed by atoms with E-state index < -0.39 is 18.0 Å². The number of carboxylic acids is 2. The van der Waals surface area contributed by atoms with Gasteiger partial charge in [0.1, 0.15) is 6.04 Å². The molecule has 0 bridgehead atoms. The van der Waals surface area contributed by atoms with E-state index in [-0.39, 0.29) is 11.1 Å². The molecule has 0 aromatic heterocycles. The number of aryl methyl sites for hydroxylation is 1. The summed E-state index contributed by atoms with van der Waals surface area (Å²) in [4.78, 5) is 21.4. The molecule has 1 aromatic carbocycles. The predicted molar refractivity (Wildman–Crippen MR) is 52.7 cm³/mol. The van der Waals surface area contributed by atoms with Gasteiger partial charge in [-0.25, -0.2) is 4.79 Å². The number of hydrogen-bond acceptors (Lipinski definition) is 3. The van der Waals surface area contributed by atoms with Crippen LogP contribution in [0.2, 0.25) is 0 Å². The Morgan fingerprint density at radius 2 is 1.93 bits per heavy atom. The molecular formula is C10H11NO4. The number of rotatable bonds is 3. The van der Waals surface area contributed by atoms with Gasteiger partial charge in [0.05, 0.1) is 5.56 Å². The van der Waals surface area contributed by atoms with Crippen LogP contribution in [0.3, 0.4) is 0 Å². The lowest BCUT2D eigenvalue weighted by atomic mass is 10.0. The summed E-state index contributed by atoms with van der Waals surface area (Å²) >= 11 is 0. The second kappa shape index (κ2) is 4.10. The third kappa shape index (κ3) is 2.32. The largest absolute Gasteiger partial charge is 0.480 e. The molecule has 4 N–H and O–H groups in total. The fraction of sp³-hybridized carbons (Fsp3) is 0.200. The zero-order valence-electron chi connectivity index (χ0n) is 8.10. The van der Waals surface area contributed by atoms with Crippen molar-refractivity contribution in [2.75, 3.05) is 0 Å². The summed E-state index contributed by atoms with van der Waals surface area (Å²) in [6.07, 6.45) is 0. The highest BCUT2D eigenvalue weighted by atomic mass is 16.4. The molecule has 0 aliphatic heterocycles. The first kappa shape index (κ1) is 11.2. The van der Waals surface area contributed by atoms with Gasteiger partial charge < -0.3 is 15.9 Å². The zero-order chi connectivity index (χ0) is 11.6. The highest BCUT2D eigenvalue weighted by Crippen LogP contribution is 2.16. The number of carboxylic acid groups (broad SMARTS) is 2. The maximum Gasteiger partial charge on any atom is 0.335 e. The molecule has 0 aliphatic carbocycles. The molecule has 1 atom stereocenters. The van der Waals surface area contributed by atoms with Crippen LogP contribution in [0.4, 0.5) is 0 Å². The van der Waals surface area contributed by atoms with Crippen molar-refractivity contribution in [2.24, 2.45) is 5.73 Å². The van der Waals surface area contributed by atoms with Crippen LogP contribution in [0, 0.1) is 6.92 Å². The number of aromatic carboxylic acids is 1. The van der Waals surface area contributed by atoms with E-state index in [0.29, 0.717) is 5.56 Å². The molecule has 15 heavy (non-hydrogen) atoms. The Kier molecular flexibility index (Phi) is 3.06. The molecular weight excluding hydrogens is 198 g/mol. The van der Waals surface area contributed by atoms with Crippen molar-refractivity contribution < 1.29 is 19.8 Å². The third-order valence-electron chi connectivity index (χ3n) is 2.12. The summed E-state index contributed by atoms with van der Waals surface area (Å²) in [6.45, 7) is 1.64. The van der Waals surface area contributed by atoms with Crippen molar-refractivity contribution in [2.45, 2.75) is 13.0 Å². The quantitative estimate of drug-likeness (QED) is 0.682. The highest BCUT2D eigenvalue weighted by Gasteiger charge is 2.16. The van der Waals surface area contributed by atoms with Gasteiger partial charge in [-0.15, -0.1) is 0 Å². The summed E-state index contributed by atoms with van der Waals surface area (Å²) in [5, 5.41) is 17.5. The van der Waals surface area contributed by atoms with E-state index in [0.717, 1.165) is 0 Å². The fourth-order valence-corrected chi connectivity index (χ4v) is 1.21. The van der Waals surface area contributed by atoms with E-state index in [1.165, 1.54) is 12.1 Å². The Labute approximate surface area is 86.1 Å². The van der Waals surface area contributed by atoms with Gasteiger partial charge in [-0.05, 0) is 24.1 Å². The van der Waals surface area contributed by atoms with Gasteiger partial charge in [0.2, 0.25) is 0 Å². The van der Waals surface area contributed by atoms with E-state index >= 15 is 0 Å². The molecule has 1 aromatic rings. The normalized spacial score (nSPS) is 12.1. The molecule has 1 rings (SSSR count). The molecule has 80 valence electrons. The maximum absolute atomic E-state index is 10.8. The average molecular weight is 209 g/mol. The Hall–Kier alpha value is -1.88. The number of aliphatic carboxylic acids is 1. The fourth-order valence-electron chi connectivity index (χ4n) is 1.21. The topological polar surface area (TPSA) is 101 Å². The highest BCUT2D eigenvalue weighted by molar-refractivity contribution is 5.90. The first-order chi connectivity index (χ1) is 6.93. The summed E-state index contributed by atoms with van der Waals surface area (Å²) in [6, 6.07) is 3.15. The lowest BCUT2D eigenvalue weighted by molar-refractivity contribution is -0.138. The van der Waals surface area contributed by atoms with Crippen molar-refractivity contribution in [3.63, 3.8) is 0 Å². The summed E-state index contributed by atoms with van der Waals surface area (Å²) in [5.41, 5.74) is 6.29. The van der Waals surface area contributed by atoms with Crippen molar-refractivity contribution in [1.82, 2.24) is 0 Å². The SMILES string of the molecule is Cc1ccc([C@H](N)C(=O)O)cc1C(=O)O. The lowest BCUT2D eigenvalue weighted by Gasteiger charge is -2.08. The van der Waals surface area contributed by atoms with E-state index in [9.17, 15) is 9.59 Å². The van der Waals surface area contributed by atoms with Crippen LogP contribution in [0.1, 0.15) is 27.5 Å². The first-order valence-electron chi connectivity index (χ1n) is 4.25. The molecule has 5 heteroatoms. The third-order valence-corrected chi connectivity index (χ3v) is 2.12. The maximum atomic E-state index is 10.8. The van der Waals surface area contributed by atoms with Crippen LogP contribution in [-0.4, -0.2) is 22.2 Å². The second-order valence-corrected chi connectivity index (χ2v) is 3.20. The van der Waals surface area contributed by atoms with Gasteiger partial charge in [0, 0.05) is 0 Å². The minimum atomic E-state index is -1.19. The molecule has 0 spiro atoms. The van der Waals surface area contributed by atoms with Crippen molar-refractivity contribution in [3.8, 4) is 0 Å². The monoisotopic (exact) mass is 209 g/mol. The molecule has 0 saturated heterocycles. The van der Waals surface area contributed by atoms with E-state index in [2.05, 4.69) is 0 Å². The number of carbonyl (C=O) groups is 2. The van der Waals surface area contributed by atoms with Crippen molar-refractivity contribution >= 4 is 11.9 Å². The van der Waals surface area contributed by atoms with Crippen molar-refractivity contribution in [1.29, 1.82) is 0 Å². The Morgan fingerprint density at radius 1 is 1.33 bits per heavy atom. The molecule has 0 unspecified atom stereocenters. The average Bonchev–Trinajstić information content (AvgIpc) is 2.16.